The molecular formula is C17H18ClNO2S. The molecule has 0 heterocycles. The van der Waals surface area contributed by atoms with Crippen LogP contribution in [-0.2, 0) is 4.79 Å². The summed E-state index contributed by atoms with van der Waals surface area (Å²) in [6.45, 7) is 0. The van der Waals surface area contributed by atoms with Crippen molar-refractivity contribution < 1.29 is 9.53 Å². The molecule has 0 fully saturated rings. The van der Waals surface area contributed by atoms with Crippen LogP contribution < -0.4 is 10.1 Å². The molecule has 3 nitrogen and oxygen atoms in total. The van der Waals surface area contributed by atoms with Gasteiger partial charge in [-0.05, 0) is 48.6 Å². The second kappa shape index (κ2) is 8.71. The van der Waals surface area contributed by atoms with Crippen LogP contribution in [0.25, 0.3) is 0 Å². The van der Waals surface area contributed by atoms with Crippen molar-refractivity contribution in [3.63, 3.8) is 0 Å². The van der Waals surface area contributed by atoms with Crippen LogP contribution >= 0.6 is 23.4 Å². The van der Waals surface area contributed by atoms with E-state index in [9.17, 15) is 4.79 Å². The lowest BCUT2D eigenvalue weighted by Gasteiger charge is -2.07. The molecule has 5 heteroatoms. The number of carbonyl (C=O) groups is 1. The van der Waals surface area contributed by atoms with Gasteiger partial charge in [-0.1, -0.05) is 17.7 Å². The molecule has 2 aromatic rings. The highest BCUT2D eigenvalue weighted by Crippen LogP contribution is 2.22. The van der Waals surface area contributed by atoms with Gasteiger partial charge in [0.1, 0.15) is 5.75 Å². The second-order valence-corrected chi connectivity index (χ2v) is 6.29. The predicted molar refractivity (Wildman–Crippen MR) is 93.0 cm³/mol. The number of hydrogen-bond donors (Lipinski definition) is 1. The number of nitrogens with one attached hydrogen (secondary N) is 1. The number of rotatable bonds is 7. The topological polar surface area (TPSA) is 38.3 Å². The third kappa shape index (κ3) is 5.62. The van der Waals surface area contributed by atoms with Gasteiger partial charge in [0.2, 0.25) is 5.91 Å². The van der Waals surface area contributed by atoms with Crippen LogP contribution in [0.3, 0.4) is 0 Å². The van der Waals surface area contributed by atoms with Gasteiger partial charge in [0.15, 0.2) is 0 Å². The number of amides is 1. The van der Waals surface area contributed by atoms with Crippen LogP contribution in [0.2, 0.25) is 5.02 Å². The van der Waals surface area contributed by atoms with Crippen LogP contribution in [0, 0.1) is 0 Å². The number of ether oxygens (including phenoxy) is 1. The highest BCUT2D eigenvalue weighted by molar-refractivity contribution is 7.99. The summed E-state index contributed by atoms with van der Waals surface area (Å²) in [5.41, 5.74) is 0.759. The van der Waals surface area contributed by atoms with Gasteiger partial charge in [-0.2, -0.15) is 0 Å². The summed E-state index contributed by atoms with van der Waals surface area (Å²) in [6.07, 6.45) is 1.32. The molecule has 0 aromatic heterocycles. The van der Waals surface area contributed by atoms with E-state index in [4.69, 9.17) is 16.3 Å². The van der Waals surface area contributed by atoms with Gasteiger partial charge in [0, 0.05) is 28.1 Å². The smallest absolute Gasteiger partial charge is 0.224 e. The fourth-order valence-electron chi connectivity index (χ4n) is 1.88. The Kier molecular flexibility index (Phi) is 6.62. The molecule has 0 atom stereocenters. The van der Waals surface area contributed by atoms with Crippen molar-refractivity contribution in [2.45, 2.75) is 17.7 Å². The van der Waals surface area contributed by atoms with E-state index in [0.717, 1.165) is 33.5 Å². The number of methoxy groups -OCH3 is 1. The third-order valence-electron chi connectivity index (χ3n) is 2.98. The molecule has 0 unspecified atom stereocenters. The Bertz CT molecular complexity index is 616. The highest BCUT2D eigenvalue weighted by atomic mass is 35.5. The second-order valence-electron chi connectivity index (χ2n) is 4.69. The summed E-state index contributed by atoms with van der Waals surface area (Å²) in [6, 6.07) is 15.1. The molecule has 0 saturated carbocycles. The molecule has 0 saturated heterocycles. The number of benzene rings is 2. The van der Waals surface area contributed by atoms with Crippen molar-refractivity contribution in [2.24, 2.45) is 0 Å². The molecule has 0 aliphatic carbocycles. The molecule has 0 bridgehead atoms. The molecule has 116 valence electrons. The molecule has 22 heavy (non-hydrogen) atoms. The van der Waals surface area contributed by atoms with E-state index in [1.807, 2.05) is 42.5 Å². The maximum atomic E-state index is 11.9. The van der Waals surface area contributed by atoms with Crippen LogP contribution in [0.15, 0.2) is 53.4 Å². The number of anilines is 1. The number of hydrogen-bond acceptors (Lipinski definition) is 3. The molecule has 0 spiro atoms. The minimum Gasteiger partial charge on any atom is -0.497 e. The Morgan fingerprint density at radius 3 is 2.73 bits per heavy atom. The standard InChI is InChI=1S/C17H18ClNO2S/c1-21-15-5-2-4-14(12-15)19-17(20)6-3-11-22-16-9-7-13(18)8-10-16/h2,4-5,7-10,12H,3,6,11H2,1H3,(H,19,20). The van der Waals surface area contributed by atoms with Crippen molar-refractivity contribution in [1.29, 1.82) is 0 Å². The van der Waals surface area contributed by atoms with Crippen LogP contribution in [0.1, 0.15) is 12.8 Å². The van der Waals surface area contributed by atoms with Crippen LogP contribution in [0.5, 0.6) is 5.75 Å². The molecule has 2 rings (SSSR count). The summed E-state index contributed by atoms with van der Waals surface area (Å²) in [4.78, 5) is 13.1. The lowest BCUT2D eigenvalue weighted by Crippen LogP contribution is -2.11. The number of carbonyl (C=O) groups excluding carboxylic acids is 1. The molecule has 2 aromatic carbocycles. The lowest BCUT2D eigenvalue weighted by molar-refractivity contribution is -0.116. The first-order valence-corrected chi connectivity index (χ1v) is 8.36. The van der Waals surface area contributed by atoms with E-state index < -0.39 is 0 Å². The first-order chi connectivity index (χ1) is 10.7. The van der Waals surface area contributed by atoms with Crippen molar-refractivity contribution in [1.82, 2.24) is 0 Å². The zero-order valence-electron chi connectivity index (χ0n) is 12.3. The van der Waals surface area contributed by atoms with E-state index in [2.05, 4.69) is 5.32 Å². The first kappa shape index (κ1) is 16.7. The van der Waals surface area contributed by atoms with Gasteiger partial charge in [-0.3, -0.25) is 4.79 Å². The highest BCUT2D eigenvalue weighted by Gasteiger charge is 2.03. The van der Waals surface area contributed by atoms with E-state index in [1.165, 1.54) is 0 Å². The number of halogens is 1. The van der Waals surface area contributed by atoms with Crippen molar-refractivity contribution >= 4 is 35.0 Å². The zero-order chi connectivity index (χ0) is 15.8. The lowest BCUT2D eigenvalue weighted by atomic mass is 10.2. The van der Waals surface area contributed by atoms with E-state index in [0.29, 0.717) is 6.42 Å². The summed E-state index contributed by atoms with van der Waals surface area (Å²) < 4.78 is 5.13. The first-order valence-electron chi connectivity index (χ1n) is 6.99. The van der Waals surface area contributed by atoms with Crippen LogP contribution in [0.4, 0.5) is 5.69 Å². The van der Waals surface area contributed by atoms with Gasteiger partial charge >= 0.3 is 0 Å². The van der Waals surface area contributed by atoms with Gasteiger partial charge in [0.25, 0.3) is 0 Å². The van der Waals surface area contributed by atoms with E-state index >= 15 is 0 Å². The van der Waals surface area contributed by atoms with Crippen molar-refractivity contribution in [3.05, 3.63) is 53.6 Å². The maximum Gasteiger partial charge on any atom is 0.224 e. The van der Waals surface area contributed by atoms with Crippen LogP contribution in [-0.4, -0.2) is 18.8 Å². The summed E-state index contributed by atoms with van der Waals surface area (Å²) in [5, 5.41) is 3.62. The molecule has 0 aliphatic rings. The minimum absolute atomic E-state index is 0.0185. The average Bonchev–Trinajstić information content (AvgIpc) is 2.53. The Morgan fingerprint density at radius 1 is 1.23 bits per heavy atom. The summed E-state index contributed by atoms with van der Waals surface area (Å²) in [5.74, 6) is 1.65. The zero-order valence-corrected chi connectivity index (χ0v) is 13.9. The van der Waals surface area contributed by atoms with Crippen molar-refractivity contribution in [2.75, 3.05) is 18.2 Å². The fourth-order valence-corrected chi connectivity index (χ4v) is 2.86. The van der Waals surface area contributed by atoms with Crippen molar-refractivity contribution in [3.8, 4) is 5.75 Å². The maximum absolute atomic E-state index is 11.9. The molecule has 1 N–H and O–H groups in total. The molecule has 1 amide bonds. The Morgan fingerprint density at radius 2 is 2.00 bits per heavy atom. The average molecular weight is 336 g/mol. The van der Waals surface area contributed by atoms with E-state index in [-0.39, 0.29) is 5.91 Å². The normalized spacial score (nSPS) is 10.3. The third-order valence-corrected chi connectivity index (χ3v) is 4.33. The summed E-state index contributed by atoms with van der Waals surface area (Å²) >= 11 is 7.57. The molecular weight excluding hydrogens is 318 g/mol. The monoisotopic (exact) mass is 335 g/mol. The minimum atomic E-state index is 0.0185. The Hall–Kier alpha value is -1.65. The van der Waals surface area contributed by atoms with E-state index in [1.54, 1.807) is 24.9 Å². The summed E-state index contributed by atoms with van der Waals surface area (Å²) in [7, 11) is 1.61. The molecule has 0 radical (unpaired) electrons. The molecule has 0 aliphatic heterocycles. The van der Waals surface area contributed by atoms with Gasteiger partial charge in [-0.25, -0.2) is 0 Å². The van der Waals surface area contributed by atoms with Gasteiger partial charge in [0.05, 0.1) is 7.11 Å². The Labute approximate surface area is 140 Å². The largest absolute Gasteiger partial charge is 0.497 e. The fraction of sp³-hybridized carbons (Fsp3) is 0.235. The quantitative estimate of drug-likeness (QED) is 0.580. The Balaban J connectivity index is 1.70. The van der Waals surface area contributed by atoms with Gasteiger partial charge in [-0.15, -0.1) is 11.8 Å². The number of thioether (sulfide) groups is 1. The SMILES string of the molecule is COc1cccc(NC(=O)CCCSc2ccc(Cl)cc2)c1. The van der Waals surface area contributed by atoms with Gasteiger partial charge < -0.3 is 10.1 Å². The predicted octanol–water partition coefficient (Wildman–Crippen LogP) is 4.86.